The second kappa shape index (κ2) is 7.09. The van der Waals surface area contributed by atoms with Crippen LogP contribution in [0.4, 0.5) is 0 Å². The van der Waals surface area contributed by atoms with Crippen LogP contribution in [-0.4, -0.2) is 38.8 Å². The van der Waals surface area contributed by atoms with Gasteiger partial charge in [-0.15, -0.1) is 0 Å². The lowest BCUT2D eigenvalue weighted by atomic mass is 9.98. The van der Waals surface area contributed by atoms with Gasteiger partial charge in [0, 0.05) is 43.3 Å². The fourth-order valence-corrected chi connectivity index (χ4v) is 3.38. The molecule has 1 aromatic carbocycles. The number of carbonyl (C=O) groups excluding carboxylic acids is 1. The highest BCUT2D eigenvalue weighted by Crippen LogP contribution is 2.33. The molecule has 1 atom stereocenters. The summed E-state index contributed by atoms with van der Waals surface area (Å²) < 4.78 is 7.40. The largest absolute Gasteiger partial charge is 0.369 e. The SMILES string of the molecule is Cn1nccc1-c1ccncc1C1COCC(=O)N1Cc1ccccc1. The molecule has 0 spiro atoms. The van der Waals surface area contributed by atoms with Gasteiger partial charge in [-0.3, -0.25) is 14.5 Å². The van der Waals surface area contributed by atoms with Gasteiger partial charge in [0.1, 0.15) is 6.61 Å². The van der Waals surface area contributed by atoms with E-state index in [1.807, 2.05) is 65.3 Å². The molecule has 1 fully saturated rings. The summed E-state index contributed by atoms with van der Waals surface area (Å²) in [5.41, 5.74) is 4.07. The minimum atomic E-state index is -0.185. The first-order valence-electron chi connectivity index (χ1n) is 8.57. The van der Waals surface area contributed by atoms with Gasteiger partial charge >= 0.3 is 0 Å². The van der Waals surface area contributed by atoms with E-state index in [9.17, 15) is 4.79 Å². The minimum absolute atomic E-state index is 0.00934. The Balaban J connectivity index is 1.73. The molecule has 0 saturated carbocycles. The van der Waals surface area contributed by atoms with Crippen molar-refractivity contribution in [3.8, 4) is 11.3 Å². The maximum absolute atomic E-state index is 12.6. The molecule has 3 heterocycles. The van der Waals surface area contributed by atoms with Gasteiger partial charge in [0.2, 0.25) is 5.91 Å². The van der Waals surface area contributed by atoms with Crippen molar-refractivity contribution >= 4 is 5.91 Å². The van der Waals surface area contributed by atoms with Crippen molar-refractivity contribution in [2.45, 2.75) is 12.6 Å². The van der Waals surface area contributed by atoms with Crippen LogP contribution in [0.1, 0.15) is 17.2 Å². The van der Waals surface area contributed by atoms with Gasteiger partial charge in [-0.2, -0.15) is 5.10 Å². The zero-order valence-electron chi connectivity index (χ0n) is 14.6. The maximum atomic E-state index is 12.6. The summed E-state index contributed by atoms with van der Waals surface area (Å²) in [5, 5.41) is 4.27. The second-order valence-corrected chi connectivity index (χ2v) is 6.34. The van der Waals surface area contributed by atoms with E-state index in [1.165, 1.54) is 0 Å². The van der Waals surface area contributed by atoms with Crippen molar-refractivity contribution in [1.29, 1.82) is 0 Å². The number of ether oxygens (including phenoxy) is 1. The average Bonchev–Trinajstić information content (AvgIpc) is 3.10. The molecule has 1 aliphatic rings. The van der Waals surface area contributed by atoms with Gasteiger partial charge in [0.15, 0.2) is 0 Å². The highest BCUT2D eigenvalue weighted by molar-refractivity contribution is 5.79. The highest BCUT2D eigenvalue weighted by atomic mass is 16.5. The Kier molecular flexibility index (Phi) is 4.50. The third kappa shape index (κ3) is 3.11. The molecule has 1 saturated heterocycles. The van der Waals surface area contributed by atoms with Crippen LogP contribution < -0.4 is 0 Å². The van der Waals surface area contributed by atoms with Gasteiger partial charge in [-0.05, 0) is 17.7 Å². The third-order valence-electron chi connectivity index (χ3n) is 4.70. The Labute approximate surface area is 152 Å². The molecule has 26 heavy (non-hydrogen) atoms. The van der Waals surface area contributed by atoms with Crippen molar-refractivity contribution in [1.82, 2.24) is 19.7 Å². The van der Waals surface area contributed by atoms with Crippen molar-refractivity contribution in [3.63, 3.8) is 0 Å². The molecule has 1 aliphatic heterocycles. The molecule has 132 valence electrons. The number of carbonyl (C=O) groups is 1. The van der Waals surface area contributed by atoms with Gasteiger partial charge in [0.05, 0.1) is 18.3 Å². The molecule has 0 radical (unpaired) electrons. The molecule has 0 N–H and O–H groups in total. The number of benzene rings is 1. The van der Waals surface area contributed by atoms with E-state index in [-0.39, 0.29) is 18.6 Å². The zero-order valence-corrected chi connectivity index (χ0v) is 14.6. The summed E-state index contributed by atoms with van der Waals surface area (Å²) in [4.78, 5) is 18.8. The maximum Gasteiger partial charge on any atom is 0.249 e. The number of aryl methyl sites for hydroxylation is 1. The summed E-state index contributed by atoms with van der Waals surface area (Å²) in [7, 11) is 1.91. The molecule has 1 amide bonds. The van der Waals surface area contributed by atoms with E-state index < -0.39 is 0 Å². The summed E-state index contributed by atoms with van der Waals surface area (Å²) in [6.07, 6.45) is 5.36. The van der Waals surface area contributed by atoms with Crippen LogP contribution in [0, 0.1) is 0 Å². The van der Waals surface area contributed by atoms with E-state index in [1.54, 1.807) is 12.4 Å². The van der Waals surface area contributed by atoms with Gasteiger partial charge in [0.25, 0.3) is 0 Å². The van der Waals surface area contributed by atoms with Crippen LogP contribution in [0.2, 0.25) is 0 Å². The van der Waals surface area contributed by atoms with Crippen molar-refractivity contribution in [2.75, 3.05) is 13.2 Å². The predicted molar refractivity (Wildman–Crippen MR) is 97.0 cm³/mol. The van der Waals surface area contributed by atoms with E-state index in [2.05, 4.69) is 10.1 Å². The molecule has 0 aliphatic carbocycles. The summed E-state index contributed by atoms with van der Waals surface area (Å²) in [6.45, 7) is 1.12. The Morgan fingerprint density at radius 3 is 2.77 bits per heavy atom. The molecular weight excluding hydrogens is 328 g/mol. The Morgan fingerprint density at radius 2 is 2.00 bits per heavy atom. The lowest BCUT2D eigenvalue weighted by molar-refractivity contribution is -0.149. The molecular formula is C20H20N4O2. The van der Waals surface area contributed by atoms with E-state index in [0.717, 1.165) is 22.4 Å². The summed E-state index contributed by atoms with van der Waals surface area (Å²) in [6, 6.07) is 13.8. The number of hydrogen-bond acceptors (Lipinski definition) is 4. The first-order valence-corrected chi connectivity index (χ1v) is 8.57. The molecule has 6 nitrogen and oxygen atoms in total. The van der Waals surface area contributed by atoms with E-state index in [0.29, 0.717) is 13.2 Å². The molecule has 3 aromatic rings. The second-order valence-electron chi connectivity index (χ2n) is 6.34. The first-order chi connectivity index (χ1) is 12.7. The average molecular weight is 348 g/mol. The monoisotopic (exact) mass is 348 g/mol. The van der Waals surface area contributed by atoms with E-state index >= 15 is 0 Å². The van der Waals surface area contributed by atoms with Crippen molar-refractivity contribution < 1.29 is 9.53 Å². The zero-order chi connectivity index (χ0) is 17.9. The predicted octanol–water partition coefficient (Wildman–Crippen LogP) is 2.58. The quantitative estimate of drug-likeness (QED) is 0.727. The number of amides is 1. The van der Waals surface area contributed by atoms with Gasteiger partial charge in [-0.1, -0.05) is 30.3 Å². The Hall–Kier alpha value is -2.99. The number of aromatic nitrogens is 3. The number of pyridine rings is 1. The summed E-state index contributed by atoms with van der Waals surface area (Å²) >= 11 is 0. The Bertz CT molecular complexity index is 907. The normalized spacial score (nSPS) is 17.5. The molecule has 6 heteroatoms. The standard InChI is InChI=1S/C20H20N4O2/c1-23-18(8-10-22-23)16-7-9-21-11-17(16)19-13-26-14-20(25)24(19)12-15-5-3-2-4-6-15/h2-11,19H,12-14H2,1H3. The third-order valence-corrected chi connectivity index (χ3v) is 4.70. The van der Waals surface area contributed by atoms with Crippen LogP contribution in [0.15, 0.2) is 61.1 Å². The smallest absolute Gasteiger partial charge is 0.249 e. The number of nitrogens with zero attached hydrogens (tertiary/aromatic N) is 4. The first kappa shape index (κ1) is 16.5. The molecule has 2 aromatic heterocycles. The van der Waals surface area contributed by atoms with Gasteiger partial charge in [-0.25, -0.2) is 0 Å². The van der Waals surface area contributed by atoms with E-state index in [4.69, 9.17) is 4.74 Å². The van der Waals surface area contributed by atoms with Crippen molar-refractivity contribution in [2.24, 2.45) is 7.05 Å². The van der Waals surface area contributed by atoms with Crippen LogP contribution in [0.3, 0.4) is 0 Å². The van der Waals surface area contributed by atoms with Crippen molar-refractivity contribution in [3.05, 3.63) is 72.2 Å². The van der Waals surface area contributed by atoms with Crippen LogP contribution in [0.5, 0.6) is 0 Å². The number of hydrogen-bond donors (Lipinski definition) is 0. The van der Waals surface area contributed by atoms with Crippen LogP contribution in [-0.2, 0) is 23.1 Å². The topological polar surface area (TPSA) is 60.2 Å². The lowest BCUT2D eigenvalue weighted by Gasteiger charge is -2.36. The highest BCUT2D eigenvalue weighted by Gasteiger charge is 2.32. The lowest BCUT2D eigenvalue weighted by Crippen LogP contribution is -2.43. The fraction of sp³-hybridized carbons (Fsp3) is 0.250. The minimum Gasteiger partial charge on any atom is -0.369 e. The Morgan fingerprint density at radius 1 is 1.15 bits per heavy atom. The van der Waals surface area contributed by atoms with Crippen LogP contribution >= 0.6 is 0 Å². The van der Waals surface area contributed by atoms with Crippen LogP contribution in [0.25, 0.3) is 11.3 Å². The van der Waals surface area contributed by atoms with Gasteiger partial charge < -0.3 is 9.64 Å². The number of morpholine rings is 1. The molecule has 1 unspecified atom stereocenters. The summed E-state index contributed by atoms with van der Waals surface area (Å²) in [5.74, 6) is -0.00934. The fourth-order valence-electron chi connectivity index (χ4n) is 3.38. The molecule has 4 rings (SSSR count). The molecule has 0 bridgehead atoms. The number of rotatable bonds is 4.